The van der Waals surface area contributed by atoms with Gasteiger partial charge in [0.05, 0.1) is 18.7 Å². The highest BCUT2D eigenvalue weighted by atomic mass is 35.5. The summed E-state index contributed by atoms with van der Waals surface area (Å²) in [5.74, 6) is 1.22. The number of hydrogen-bond acceptors (Lipinski definition) is 5. The van der Waals surface area contributed by atoms with Gasteiger partial charge in [0, 0.05) is 28.6 Å². The van der Waals surface area contributed by atoms with Crippen LogP contribution in [0.3, 0.4) is 0 Å². The number of hydrogen-bond donors (Lipinski definition) is 2. The summed E-state index contributed by atoms with van der Waals surface area (Å²) in [6.45, 7) is 7.85. The van der Waals surface area contributed by atoms with E-state index in [1.54, 1.807) is 13.2 Å². The molecule has 0 aliphatic carbocycles. The second kappa shape index (κ2) is 8.27. The monoisotopic (exact) mass is 415 g/mol. The van der Waals surface area contributed by atoms with Gasteiger partial charge in [-0.25, -0.2) is 4.85 Å². The normalized spacial score (nSPS) is 10.6. The van der Waals surface area contributed by atoms with Crippen molar-refractivity contribution < 1.29 is 4.74 Å². The zero-order valence-electron chi connectivity index (χ0n) is 16.2. The number of methoxy groups -OCH3 is 1. The van der Waals surface area contributed by atoms with Crippen LogP contribution in [0.1, 0.15) is 5.56 Å². The molecule has 30 heavy (non-hydrogen) atoms. The molecule has 4 rings (SSSR count). The van der Waals surface area contributed by atoms with E-state index in [1.165, 1.54) is 0 Å². The quantitative estimate of drug-likeness (QED) is 0.322. The van der Waals surface area contributed by atoms with E-state index in [0.717, 1.165) is 21.9 Å². The Bertz CT molecular complexity index is 1280. The summed E-state index contributed by atoms with van der Waals surface area (Å²) in [6.07, 6.45) is 0. The minimum Gasteiger partial charge on any atom is -0.495 e. The first-order valence-corrected chi connectivity index (χ1v) is 9.57. The SMILES string of the molecule is [C-]#[N+]c1ccc2c(-c3cccc(N)c3)nnc(NCc3ccc(OC)c(Cl)c3)c2c1. The zero-order valence-corrected chi connectivity index (χ0v) is 16.9. The minimum absolute atomic E-state index is 0.493. The number of nitrogens with zero attached hydrogens (tertiary/aromatic N) is 3. The Balaban J connectivity index is 1.74. The van der Waals surface area contributed by atoms with Crippen LogP contribution in [0, 0.1) is 6.57 Å². The van der Waals surface area contributed by atoms with Gasteiger partial charge in [-0.05, 0) is 35.9 Å². The van der Waals surface area contributed by atoms with Gasteiger partial charge < -0.3 is 15.8 Å². The van der Waals surface area contributed by atoms with Crippen molar-refractivity contribution in [3.05, 3.63) is 82.7 Å². The van der Waals surface area contributed by atoms with Crippen LogP contribution in [0.4, 0.5) is 17.2 Å². The molecule has 6 nitrogen and oxygen atoms in total. The first kappa shape index (κ1) is 19.5. The van der Waals surface area contributed by atoms with Gasteiger partial charge >= 0.3 is 0 Å². The number of aromatic nitrogens is 2. The molecule has 1 heterocycles. The molecule has 148 valence electrons. The summed E-state index contributed by atoms with van der Waals surface area (Å²) in [4.78, 5) is 3.55. The molecule has 0 amide bonds. The largest absolute Gasteiger partial charge is 0.495 e. The van der Waals surface area contributed by atoms with Crippen molar-refractivity contribution in [3.63, 3.8) is 0 Å². The molecule has 0 saturated carbocycles. The van der Waals surface area contributed by atoms with Crippen molar-refractivity contribution in [3.8, 4) is 17.0 Å². The predicted octanol–water partition coefficient (Wildman–Crippen LogP) is 5.70. The summed E-state index contributed by atoms with van der Waals surface area (Å²) in [6, 6.07) is 18.6. The minimum atomic E-state index is 0.493. The standard InChI is InChI=1S/C23H18ClN5O/c1-26-17-7-8-18-19(12-17)23(27-13-14-6-9-21(30-2)20(24)10-14)29-28-22(18)15-4-3-5-16(25)11-15/h3-12H,13,25H2,2H3,(H,27,29). The van der Waals surface area contributed by atoms with Crippen molar-refractivity contribution in [2.24, 2.45) is 0 Å². The van der Waals surface area contributed by atoms with Crippen LogP contribution in [0.2, 0.25) is 5.02 Å². The van der Waals surface area contributed by atoms with Gasteiger partial charge in [-0.3, -0.25) is 0 Å². The van der Waals surface area contributed by atoms with Gasteiger partial charge in [0.25, 0.3) is 0 Å². The van der Waals surface area contributed by atoms with E-state index in [4.69, 9.17) is 28.6 Å². The van der Waals surface area contributed by atoms with Crippen LogP contribution in [-0.2, 0) is 6.54 Å². The Morgan fingerprint density at radius 2 is 1.93 bits per heavy atom. The fourth-order valence-electron chi connectivity index (χ4n) is 3.25. The van der Waals surface area contributed by atoms with Gasteiger partial charge in [-0.1, -0.05) is 41.9 Å². The predicted molar refractivity (Wildman–Crippen MR) is 121 cm³/mol. The first-order valence-electron chi connectivity index (χ1n) is 9.19. The Kier molecular flexibility index (Phi) is 5.38. The maximum atomic E-state index is 7.36. The van der Waals surface area contributed by atoms with Crippen LogP contribution in [0.25, 0.3) is 26.9 Å². The number of benzene rings is 3. The number of halogens is 1. The number of rotatable bonds is 5. The highest BCUT2D eigenvalue weighted by molar-refractivity contribution is 6.32. The molecule has 0 radical (unpaired) electrons. The second-order valence-corrected chi connectivity index (χ2v) is 7.09. The summed E-state index contributed by atoms with van der Waals surface area (Å²) in [5, 5.41) is 14.4. The average molecular weight is 416 g/mol. The molecule has 7 heteroatoms. The van der Waals surface area contributed by atoms with Gasteiger partial charge in [-0.15, -0.1) is 10.2 Å². The number of nitrogens with two attached hydrogens (primary N) is 1. The van der Waals surface area contributed by atoms with Crippen LogP contribution in [-0.4, -0.2) is 17.3 Å². The Hall–Kier alpha value is -3.82. The van der Waals surface area contributed by atoms with Crippen molar-refractivity contribution in [2.45, 2.75) is 6.54 Å². The van der Waals surface area contributed by atoms with E-state index < -0.39 is 0 Å². The van der Waals surface area contributed by atoms with Gasteiger partial charge in [0.1, 0.15) is 11.4 Å². The summed E-state index contributed by atoms with van der Waals surface area (Å²) in [7, 11) is 1.58. The highest BCUT2D eigenvalue weighted by Gasteiger charge is 2.12. The smallest absolute Gasteiger partial charge is 0.188 e. The lowest BCUT2D eigenvalue weighted by Crippen LogP contribution is -2.04. The summed E-state index contributed by atoms with van der Waals surface area (Å²) in [5.41, 5.74) is 9.68. The number of nitrogen functional groups attached to an aromatic ring is 1. The Labute approximate surface area is 179 Å². The molecule has 0 unspecified atom stereocenters. The van der Waals surface area contributed by atoms with E-state index in [2.05, 4.69) is 20.4 Å². The van der Waals surface area contributed by atoms with E-state index in [-0.39, 0.29) is 0 Å². The lowest BCUT2D eigenvalue weighted by Gasteiger charge is -2.13. The van der Waals surface area contributed by atoms with E-state index in [9.17, 15) is 0 Å². The molecule has 1 aromatic heterocycles. The number of ether oxygens (including phenoxy) is 1. The second-order valence-electron chi connectivity index (χ2n) is 6.69. The first-order chi connectivity index (χ1) is 14.6. The molecule has 0 aliphatic rings. The molecule has 0 saturated heterocycles. The third-order valence-electron chi connectivity index (χ3n) is 4.73. The number of fused-ring (bicyclic) bond motifs is 1. The third-order valence-corrected chi connectivity index (χ3v) is 5.02. The van der Waals surface area contributed by atoms with Gasteiger partial charge in [0.15, 0.2) is 11.5 Å². The van der Waals surface area contributed by atoms with Crippen LogP contribution < -0.4 is 15.8 Å². The lowest BCUT2D eigenvalue weighted by molar-refractivity contribution is 0.415. The Morgan fingerprint density at radius 1 is 1.07 bits per heavy atom. The lowest BCUT2D eigenvalue weighted by atomic mass is 10.0. The van der Waals surface area contributed by atoms with Crippen molar-refractivity contribution in [1.82, 2.24) is 10.2 Å². The topological polar surface area (TPSA) is 77.4 Å². The fourth-order valence-corrected chi connectivity index (χ4v) is 3.53. The zero-order chi connectivity index (χ0) is 21.1. The molecule has 3 N–H and O–H groups in total. The highest BCUT2D eigenvalue weighted by Crippen LogP contribution is 2.33. The van der Waals surface area contributed by atoms with Crippen molar-refractivity contribution in [1.29, 1.82) is 0 Å². The Morgan fingerprint density at radius 3 is 2.67 bits per heavy atom. The molecular weight excluding hydrogens is 398 g/mol. The number of nitrogens with one attached hydrogen (secondary N) is 1. The molecular formula is C23H18ClN5O. The number of anilines is 2. The van der Waals surface area contributed by atoms with Gasteiger partial charge in [-0.2, -0.15) is 0 Å². The van der Waals surface area contributed by atoms with Crippen molar-refractivity contribution >= 4 is 39.6 Å². The molecule has 0 spiro atoms. The molecule has 0 bridgehead atoms. The molecule has 4 aromatic rings. The maximum Gasteiger partial charge on any atom is 0.188 e. The third kappa shape index (κ3) is 3.84. The molecule has 0 atom stereocenters. The van der Waals surface area contributed by atoms with E-state index in [1.807, 2.05) is 54.6 Å². The van der Waals surface area contributed by atoms with Crippen molar-refractivity contribution in [2.75, 3.05) is 18.2 Å². The maximum absolute atomic E-state index is 7.36. The molecule has 3 aromatic carbocycles. The van der Waals surface area contributed by atoms with E-state index >= 15 is 0 Å². The fraction of sp³-hybridized carbons (Fsp3) is 0.0870. The molecule has 0 aliphatic heterocycles. The van der Waals surface area contributed by atoms with Crippen LogP contribution in [0.15, 0.2) is 60.7 Å². The summed E-state index contributed by atoms with van der Waals surface area (Å²) >= 11 is 6.22. The average Bonchev–Trinajstić information content (AvgIpc) is 2.77. The van der Waals surface area contributed by atoms with Crippen LogP contribution >= 0.6 is 11.6 Å². The van der Waals surface area contributed by atoms with Crippen LogP contribution in [0.5, 0.6) is 5.75 Å². The molecule has 0 fully saturated rings. The van der Waals surface area contributed by atoms with Gasteiger partial charge in [0.2, 0.25) is 0 Å². The summed E-state index contributed by atoms with van der Waals surface area (Å²) < 4.78 is 5.20. The van der Waals surface area contributed by atoms with E-state index in [0.29, 0.717) is 40.2 Å².